The summed E-state index contributed by atoms with van der Waals surface area (Å²) in [5.41, 5.74) is 0.760. The van der Waals surface area contributed by atoms with Gasteiger partial charge in [0, 0.05) is 17.1 Å². The van der Waals surface area contributed by atoms with Crippen LogP contribution >= 0.6 is 11.6 Å². The van der Waals surface area contributed by atoms with Gasteiger partial charge in [-0.3, -0.25) is 9.59 Å². The summed E-state index contributed by atoms with van der Waals surface area (Å²) in [4.78, 5) is 27.7. The Balaban J connectivity index is 1.36. The lowest BCUT2D eigenvalue weighted by atomic mass is 9.89. The van der Waals surface area contributed by atoms with Crippen LogP contribution in [0.2, 0.25) is 5.02 Å². The summed E-state index contributed by atoms with van der Waals surface area (Å²) in [7, 11) is 0. The quantitative estimate of drug-likeness (QED) is 0.508. The monoisotopic (exact) mass is 475 g/mol. The summed E-state index contributed by atoms with van der Waals surface area (Å²) in [6.45, 7) is 0.542. The first kappa shape index (κ1) is 22.2. The molecule has 1 unspecified atom stereocenters. The Bertz CT molecular complexity index is 1290. The van der Waals surface area contributed by atoms with Crippen LogP contribution in [0.1, 0.15) is 23.1 Å². The van der Waals surface area contributed by atoms with E-state index in [0.717, 1.165) is 11.1 Å². The van der Waals surface area contributed by atoms with Gasteiger partial charge in [0.05, 0.1) is 12.1 Å². The lowest BCUT2D eigenvalue weighted by molar-refractivity contribution is -0.140. The Morgan fingerprint density at radius 2 is 1.85 bits per heavy atom. The maximum atomic E-state index is 13.4. The van der Waals surface area contributed by atoms with E-state index < -0.39 is 11.5 Å². The number of hydrogen-bond donors (Lipinski definition) is 1. The van der Waals surface area contributed by atoms with E-state index in [1.807, 2.05) is 30.3 Å². The number of hydrogen-bond acceptors (Lipinski definition) is 5. The van der Waals surface area contributed by atoms with Gasteiger partial charge in [-0.1, -0.05) is 54.1 Å². The molecule has 0 aromatic heterocycles. The molecule has 1 atom stereocenters. The van der Waals surface area contributed by atoms with Gasteiger partial charge in [-0.05, 0) is 54.0 Å². The van der Waals surface area contributed by atoms with Gasteiger partial charge in [-0.15, -0.1) is 0 Å². The Labute approximate surface area is 202 Å². The van der Waals surface area contributed by atoms with Crippen LogP contribution in [-0.2, 0) is 21.6 Å². The van der Waals surface area contributed by atoms with Gasteiger partial charge in [-0.25, -0.2) is 0 Å². The van der Waals surface area contributed by atoms with Gasteiger partial charge in [0.25, 0.3) is 5.91 Å². The van der Waals surface area contributed by atoms with Gasteiger partial charge in [0.1, 0.15) is 0 Å². The van der Waals surface area contributed by atoms with Crippen LogP contribution in [0.15, 0.2) is 72.8 Å². The molecule has 2 aliphatic rings. The number of benzene rings is 3. The number of ketones is 1. The molecule has 172 valence electrons. The van der Waals surface area contributed by atoms with E-state index in [-0.39, 0.29) is 19.0 Å². The van der Waals surface area contributed by atoms with Gasteiger partial charge in [0.2, 0.25) is 6.79 Å². The highest BCUT2D eigenvalue weighted by molar-refractivity contribution is 6.31. The summed E-state index contributed by atoms with van der Waals surface area (Å²) in [5, 5.41) is 11.8. The third kappa shape index (κ3) is 4.18. The Morgan fingerprint density at radius 3 is 2.68 bits per heavy atom. The highest BCUT2D eigenvalue weighted by Crippen LogP contribution is 2.44. The van der Waals surface area contributed by atoms with Crippen molar-refractivity contribution in [1.82, 2.24) is 0 Å². The minimum Gasteiger partial charge on any atom is -0.454 e. The topological polar surface area (TPSA) is 76.1 Å². The summed E-state index contributed by atoms with van der Waals surface area (Å²) in [5.74, 6) is 0.352. The third-order valence-corrected chi connectivity index (χ3v) is 6.28. The summed E-state index contributed by atoms with van der Waals surface area (Å²) in [6, 6.07) is 20.1. The second-order valence-electron chi connectivity index (χ2n) is 8.30. The standard InChI is InChI=1S/C27H22ClNO5/c28-20-8-10-23-22(15-20)27(32,26(31)29(23)13-12-18-4-2-1-3-5-18)16-21(30)9-6-19-7-11-24-25(14-19)34-17-33-24/h1-11,14-15,32H,12-13,16-17H2/b9-6-. The zero-order valence-corrected chi connectivity index (χ0v) is 19.0. The zero-order valence-electron chi connectivity index (χ0n) is 18.2. The maximum Gasteiger partial charge on any atom is 0.264 e. The van der Waals surface area contributed by atoms with Crippen molar-refractivity contribution in [3.63, 3.8) is 0 Å². The number of aliphatic hydroxyl groups is 1. The summed E-state index contributed by atoms with van der Waals surface area (Å²) < 4.78 is 10.7. The minimum absolute atomic E-state index is 0.166. The first-order valence-corrected chi connectivity index (χ1v) is 11.3. The third-order valence-electron chi connectivity index (χ3n) is 6.05. The molecule has 2 aliphatic heterocycles. The predicted octanol–water partition coefficient (Wildman–Crippen LogP) is 4.52. The van der Waals surface area contributed by atoms with Crippen molar-refractivity contribution in [2.24, 2.45) is 0 Å². The van der Waals surface area contributed by atoms with Gasteiger partial charge < -0.3 is 19.5 Å². The Kier molecular flexibility index (Phi) is 5.86. The molecular weight excluding hydrogens is 454 g/mol. The first-order valence-electron chi connectivity index (χ1n) is 10.9. The SMILES string of the molecule is O=C(/C=C\c1ccc2c(c1)OCO2)CC1(O)C(=O)N(CCc2ccccc2)c2ccc(Cl)cc21. The highest BCUT2D eigenvalue weighted by atomic mass is 35.5. The number of halogens is 1. The van der Waals surface area contributed by atoms with E-state index in [9.17, 15) is 14.7 Å². The fourth-order valence-corrected chi connectivity index (χ4v) is 4.49. The van der Waals surface area contributed by atoms with Crippen molar-refractivity contribution < 1.29 is 24.2 Å². The maximum absolute atomic E-state index is 13.4. The molecule has 34 heavy (non-hydrogen) atoms. The van der Waals surface area contributed by atoms with E-state index in [0.29, 0.717) is 40.7 Å². The van der Waals surface area contributed by atoms with Gasteiger partial charge in [0.15, 0.2) is 22.9 Å². The molecule has 3 aromatic rings. The molecule has 0 saturated carbocycles. The predicted molar refractivity (Wildman–Crippen MR) is 129 cm³/mol. The molecule has 0 bridgehead atoms. The van der Waals surface area contributed by atoms with Gasteiger partial charge >= 0.3 is 0 Å². The average molecular weight is 476 g/mol. The number of carbonyl (C=O) groups excluding carboxylic acids is 2. The van der Waals surface area contributed by atoms with Crippen LogP contribution in [0, 0.1) is 0 Å². The minimum atomic E-state index is -1.98. The van der Waals surface area contributed by atoms with E-state index in [1.54, 1.807) is 42.5 Å². The fourth-order valence-electron chi connectivity index (χ4n) is 4.32. The van der Waals surface area contributed by atoms with Crippen molar-refractivity contribution in [3.05, 3.63) is 94.5 Å². The van der Waals surface area contributed by atoms with Crippen molar-refractivity contribution in [1.29, 1.82) is 0 Å². The molecule has 2 heterocycles. The number of fused-ring (bicyclic) bond motifs is 2. The van der Waals surface area contributed by atoms with Crippen LogP contribution in [0.25, 0.3) is 6.08 Å². The highest BCUT2D eigenvalue weighted by Gasteiger charge is 2.50. The average Bonchev–Trinajstić information content (AvgIpc) is 3.38. The Morgan fingerprint density at radius 1 is 1.06 bits per heavy atom. The van der Waals surface area contributed by atoms with E-state index >= 15 is 0 Å². The number of rotatable bonds is 7. The normalized spacial score (nSPS) is 18.5. The lowest BCUT2D eigenvalue weighted by Gasteiger charge is -2.22. The van der Waals surface area contributed by atoms with E-state index in [1.165, 1.54) is 11.0 Å². The smallest absolute Gasteiger partial charge is 0.264 e. The van der Waals surface area contributed by atoms with Gasteiger partial charge in [-0.2, -0.15) is 0 Å². The molecule has 0 aliphatic carbocycles. The fraction of sp³-hybridized carbons (Fsp3) is 0.185. The molecule has 0 saturated heterocycles. The molecule has 0 radical (unpaired) electrons. The molecule has 3 aromatic carbocycles. The number of ether oxygens (including phenoxy) is 2. The van der Waals surface area contributed by atoms with E-state index in [4.69, 9.17) is 21.1 Å². The van der Waals surface area contributed by atoms with Crippen molar-refractivity contribution in [2.75, 3.05) is 18.2 Å². The molecule has 0 fully saturated rings. The number of nitrogens with zero attached hydrogens (tertiary/aromatic N) is 1. The molecular formula is C27H22ClNO5. The van der Waals surface area contributed by atoms with Crippen LogP contribution in [0.5, 0.6) is 11.5 Å². The number of anilines is 1. The second kappa shape index (κ2) is 8.97. The van der Waals surface area contributed by atoms with Crippen LogP contribution in [0.4, 0.5) is 5.69 Å². The first-order chi connectivity index (χ1) is 16.4. The van der Waals surface area contributed by atoms with Crippen molar-refractivity contribution in [3.8, 4) is 11.5 Å². The summed E-state index contributed by atoms with van der Waals surface area (Å²) in [6.07, 6.45) is 3.21. The number of amides is 1. The van der Waals surface area contributed by atoms with Crippen LogP contribution in [-0.4, -0.2) is 30.1 Å². The van der Waals surface area contributed by atoms with Crippen LogP contribution in [0.3, 0.4) is 0 Å². The molecule has 1 N–H and O–H groups in total. The van der Waals surface area contributed by atoms with E-state index in [2.05, 4.69) is 0 Å². The molecule has 7 heteroatoms. The molecule has 1 amide bonds. The number of allylic oxidation sites excluding steroid dienone is 1. The zero-order chi connectivity index (χ0) is 23.7. The molecule has 5 rings (SSSR count). The number of carbonyl (C=O) groups is 2. The largest absolute Gasteiger partial charge is 0.454 e. The Hall–Kier alpha value is -3.61. The second-order valence-corrected chi connectivity index (χ2v) is 8.74. The summed E-state index contributed by atoms with van der Waals surface area (Å²) >= 11 is 6.18. The lowest BCUT2D eigenvalue weighted by Crippen LogP contribution is -2.42. The van der Waals surface area contributed by atoms with Crippen LogP contribution < -0.4 is 14.4 Å². The van der Waals surface area contributed by atoms with Crippen molar-refractivity contribution in [2.45, 2.75) is 18.4 Å². The van der Waals surface area contributed by atoms with Crippen molar-refractivity contribution >= 4 is 35.1 Å². The molecule has 0 spiro atoms. The molecule has 6 nitrogen and oxygen atoms in total.